The molecule has 0 unspecified atom stereocenters. The van der Waals surface area contributed by atoms with Crippen LogP contribution in [0.15, 0.2) is 54.7 Å². The zero-order valence-electron chi connectivity index (χ0n) is 10.8. The molecule has 1 amide bonds. The number of carbonyl (C=O) groups excluding carboxylic acids is 1. The second-order valence-electron chi connectivity index (χ2n) is 4.55. The highest BCUT2D eigenvalue weighted by molar-refractivity contribution is 6.06. The number of rotatable bonds is 3. The van der Waals surface area contributed by atoms with Crippen molar-refractivity contribution in [1.82, 2.24) is 4.98 Å². The molecule has 0 aliphatic rings. The molecule has 0 atom stereocenters. The zero-order valence-corrected chi connectivity index (χ0v) is 10.8. The molecule has 2 aromatic carbocycles. The predicted octanol–water partition coefficient (Wildman–Crippen LogP) is 2.91. The first-order chi connectivity index (χ1) is 9.78. The molecular weight excluding hydrogens is 252 g/mol. The van der Waals surface area contributed by atoms with Crippen molar-refractivity contribution in [3.63, 3.8) is 0 Å². The van der Waals surface area contributed by atoms with Crippen LogP contribution in [-0.4, -0.2) is 16.0 Å². The van der Waals surface area contributed by atoms with Crippen LogP contribution < -0.4 is 5.32 Å². The van der Waals surface area contributed by atoms with Gasteiger partial charge in [0.1, 0.15) is 0 Å². The number of aliphatic hydroxyl groups is 1. The van der Waals surface area contributed by atoms with Gasteiger partial charge in [0.05, 0.1) is 6.61 Å². The molecule has 0 aliphatic carbocycles. The van der Waals surface area contributed by atoms with E-state index in [2.05, 4.69) is 10.3 Å². The van der Waals surface area contributed by atoms with Gasteiger partial charge < -0.3 is 15.4 Å². The lowest BCUT2D eigenvalue weighted by molar-refractivity contribution is 0.102. The van der Waals surface area contributed by atoms with Gasteiger partial charge in [-0.1, -0.05) is 18.2 Å². The van der Waals surface area contributed by atoms with Gasteiger partial charge in [-0.2, -0.15) is 0 Å². The van der Waals surface area contributed by atoms with Crippen LogP contribution in [0.4, 0.5) is 5.69 Å². The van der Waals surface area contributed by atoms with Gasteiger partial charge in [0, 0.05) is 33.9 Å². The molecule has 3 aromatic rings. The summed E-state index contributed by atoms with van der Waals surface area (Å²) < 4.78 is 0. The van der Waals surface area contributed by atoms with Crippen LogP contribution in [0, 0.1) is 0 Å². The normalized spacial score (nSPS) is 10.7. The van der Waals surface area contributed by atoms with E-state index in [1.165, 1.54) is 0 Å². The third kappa shape index (κ3) is 2.29. The van der Waals surface area contributed by atoms with E-state index in [1.54, 1.807) is 18.2 Å². The monoisotopic (exact) mass is 266 g/mol. The van der Waals surface area contributed by atoms with E-state index < -0.39 is 0 Å². The van der Waals surface area contributed by atoms with Crippen LogP contribution in [0.3, 0.4) is 0 Å². The summed E-state index contributed by atoms with van der Waals surface area (Å²) in [5.74, 6) is -0.186. The number of H-pyrrole nitrogens is 1. The highest BCUT2D eigenvalue weighted by Crippen LogP contribution is 2.18. The Morgan fingerprint density at radius 3 is 2.85 bits per heavy atom. The van der Waals surface area contributed by atoms with E-state index in [0.29, 0.717) is 16.8 Å². The van der Waals surface area contributed by atoms with E-state index in [1.807, 2.05) is 36.5 Å². The minimum absolute atomic E-state index is 0.104. The van der Waals surface area contributed by atoms with Crippen molar-refractivity contribution in [2.75, 3.05) is 5.32 Å². The standard InChI is InChI=1S/C16H14N2O2/c19-10-13-3-1-2-4-15(13)18-16(20)12-5-6-14-11(9-12)7-8-17-14/h1-9,17,19H,10H2,(H,18,20). The Labute approximate surface area is 116 Å². The minimum atomic E-state index is -0.186. The number of amides is 1. The summed E-state index contributed by atoms with van der Waals surface area (Å²) in [6, 6.07) is 14.6. The predicted molar refractivity (Wildman–Crippen MR) is 78.6 cm³/mol. The van der Waals surface area contributed by atoms with E-state index in [4.69, 9.17) is 0 Å². The summed E-state index contributed by atoms with van der Waals surface area (Å²) in [5.41, 5.74) is 2.92. The fourth-order valence-electron chi connectivity index (χ4n) is 2.17. The van der Waals surface area contributed by atoms with Gasteiger partial charge in [0.15, 0.2) is 0 Å². The van der Waals surface area contributed by atoms with Crippen molar-refractivity contribution in [3.8, 4) is 0 Å². The van der Waals surface area contributed by atoms with E-state index in [-0.39, 0.29) is 12.5 Å². The first-order valence-electron chi connectivity index (χ1n) is 6.35. The Bertz CT molecular complexity index is 762. The molecule has 0 radical (unpaired) electrons. The van der Waals surface area contributed by atoms with Crippen LogP contribution in [0.2, 0.25) is 0 Å². The zero-order chi connectivity index (χ0) is 13.9. The highest BCUT2D eigenvalue weighted by atomic mass is 16.3. The molecule has 4 heteroatoms. The molecule has 20 heavy (non-hydrogen) atoms. The number of aromatic amines is 1. The average molecular weight is 266 g/mol. The smallest absolute Gasteiger partial charge is 0.255 e. The Balaban J connectivity index is 1.88. The first-order valence-corrected chi connectivity index (χ1v) is 6.35. The maximum absolute atomic E-state index is 12.2. The lowest BCUT2D eigenvalue weighted by atomic mass is 10.1. The number of benzene rings is 2. The van der Waals surface area contributed by atoms with Gasteiger partial charge in [-0.15, -0.1) is 0 Å². The quantitative estimate of drug-likeness (QED) is 0.682. The number of carbonyl (C=O) groups is 1. The summed E-state index contributed by atoms with van der Waals surface area (Å²) in [7, 11) is 0. The maximum Gasteiger partial charge on any atom is 0.255 e. The van der Waals surface area contributed by atoms with Crippen LogP contribution >= 0.6 is 0 Å². The molecule has 100 valence electrons. The molecule has 0 saturated heterocycles. The number of para-hydroxylation sites is 1. The molecule has 0 bridgehead atoms. The van der Waals surface area contributed by atoms with Crippen molar-refractivity contribution >= 4 is 22.5 Å². The molecule has 0 aliphatic heterocycles. The third-order valence-corrected chi connectivity index (χ3v) is 3.25. The van der Waals surface area contributed by atoms with Crippen LogP contribution in [0.1, 0.15) is 15.9 Å². The van der Waals surface area contributed by atoms with Gasteiger partial charge in [-0.05, 0) is 30.3 Å². The average Bonchev–Trinajstić information content (AvgIpc) is 2.95. The number of hydrogen-bond acceptors (Lipinski definition) is 2. The van der Waals surface area contributed by atoms with Crippen molar-refractivity contribution in [1.29, 1.82) is 0 Å². The second-order valence-corrected chi connectivity index (χ2v) is 4.55. The van der Waals surface area contributed by atoms with Crippen molar-refractivity contribution < 1.29 is 9.90 Å². The Morgan fingerprint density at radius 1 is 1.15 bits per heavy atom. The fourth-order valence-corrected chi connectivity index (χ4v) is 2.17. The highest BCUT2D eigenvalue weighted by Gasteiger charge is 2.09. The Morgan fingerprint density at radius 2 is 2.00 bits per heavy atom. The number of aromatic nitrogens is 1. The van der Waals surface area contributed by atoms with E-state index >= 15 is 0 Å². The number of aliphatic hydroxyl groups excluding tert-OH is 1. The van der Waals surface area contributed by atoms with Crippen molar-refractivity contribution in [2.45, 2.75) is 6.61 Å². The number of fused-ring (bicyclic) bond motifs is 1. The topological polar surface area (TPSA) is 65.1 Å². The van der Waals surface area contributed by atoms with E-state index in [0.717, 1.165) is 10.9 Å². The van der Waals surface area contributed by atoms with Crippen LogP contribution in [0.25, 0.3) is 10.9 Å². The van der Waals surface area contributed by atoms with Crippen LogP contribution in [0.5, 0.6) is 0 Å². The molecule has 3 rings (SSSR count). The molecule has 1 heterocycles. The van der Waals surface area contributed by atoms with Crippen molar-refractivity contribution in [2.24, 2.45) is 0 Å². The van der Waals surface area contributed by atoms with Gasteiger partial charge in [0.2, 0.25) is 0 Å². The lowest BCUT2D eigenvalue weighted by Gasteiger charge is -2.09. The second kappa shape index (κ2) is 5.19. The molecule has 0 saturated carbocycles. The largest absolute Gasteiger partial charge is 0.392 e. The first kappa shape index (κ1) is 12.4. The third-order valence-electron chi connectivity index (χ3n) is 3.25. The SMILES string of the molecule is O=C(Nc1ccccc1CO)c1ccc2[nH]ccc2c1. The molecular formula is C16H14N2O2. The van der Waals surface area contributed by atoms with Crippen molar-refractivity contribution in [3.05, 3.63) is 65.9 Å². The number of hydrogen-bond donors (Lipinski definition) is 3. The summed E-state index contributed by atoms with van der Waals surface area (Å²) >= 11 is 0. The Kier molecular flexibility index (Phi) is 3.23. The van der Waals surface area contributed by atoms with E-state index in [9.17, 15) is 9.90 Å². The molecule has 0 spiro atoms. The van der Waals surface area contributed by atoms with Gasteiger partial charge in [-0.3, -0.25) is 4.79 Å². The van der Waals surface area contributed by atoms with Gasteiger partial charge in [0.25, 0.3) is 5.91 Å². The number of nitrogens with one attached hydrogen (secondary N) is 2. The molecule has 3 N–H and O–H groups in total. The molecule has 0 fully saturated rings. The number of anilines is 1. The molecule has 1 aromatic heterocycles. The van der Waals surface area contributed by atoms with Crippen LogP contribution in [-0.2, 0) is 6.61 Å². The summed E-state index contributed by atoms with van der Waals surface area (Å²) in [4.78, 5) is 15.3. The minimum Gasteiger partial charge on any atom is -0.392 e. The lowest BCUT2D eigenvalue weighted by Crippen LogP contribution is -2.13. The summed E-state index contributed by atoms with van der Waals surface area (Å²) in [5, 5.41) is 13.1. The Hall–Kier alpha value is -2.59. The summed E-state index contributed by atoms with van der Waals surface area (Å²) in [6.45, 7) is -0.104. The van der Waals surface area contributed by atoms with Gasteiger partial charge in [-0.25, -0.2) is 0 Å². The maximum atomic E-state index is 12.2. The fraction of sp³-hybridized carbons (Fsp3) is 0.0625. The van der Waals surface area contributed by atoms with Gasteiger partial charge >= 0.3 is 0 Å². The molecule has 4 nitrogen and oxygen atoms in total. The summed E-state index contributed by atoms with van der Waals surface area (Å²) in [6.07, 6.45) is 1.84.